The van der Waals surface area contributed by atoms with Crippen molar-refractivity contribution in [3.8, 4) is 0 Å². The Morgan fingerprint density at radius 2 is 2.11 bits per heavy atom. The number of aryl methyl sites for hydroxylation is 1. The zero-order valence-corrected chi connectivity index (χ0v) is 12.4. The molecule has 0 aliphatic carbocycles. The number of hydrogen-bond acceptors (Lipinski definition) is 2. The van der Waals surface area contributed by atoms with E-state index in [1.165, 1.54) is 24.0 Å². The van der Waals surface area contributed by atoms with Gasteiger partial charge in [0, 0.05) is 12.6 Å². The molecule has 1 atom stereocenters. The fraction of sp³-hybridized carbons (Fsp3) is 0.625. The highest BCUT2D eigenvalue weighted by atomic mass is 15.1. The average molecular weight is 248 g/mol. The molecule has 0 aromatic heterocycles. The SMILES string of the molecule is CCCNC(C)CCN(C)Cc1cccc(C)c1. The van der Waals surface area contributed by atoms with Gasteiger partial charge in [0.2, 0.25) is 0 Å². The number of nitrogens with one attached hydrogen (secondary N) is 1. The van der Waals surface area contributed by atoms with Crippen LogP contribution in [0.5, 0.6) is 0 Å². The van der Waals surface area contributed by atoms with Crippen LogP contribution >= 0.6 is 0 Å². The third kappa shape index (κ3) is 6.18. The molecule has 0 saturated carbocycles. The van der Waals surface area contributed by atoms with Gasteiger partial charge in [0.15, 0.2) is 0 Å². The monoisotopic (exact) mass is 248 g/mol. The summed E-state index contributed by atoms with van der Waals surface area (Å²) in [4.78, 5) is 2.40. The van der Waals surface area contributed by atoms with E-state index in [1.807, 2.05) is 0 Å². The summed E-state index contributed by atoms with van der Waals surface area (Å²) in [6.07, 6.45) is 2.42. The minimum absolute atomic E-state index is 0.616. The van der Waals surface area contributed by atoms with E-state index < -0.39 is 0 Å². The molecule has 0 saturated heterocycles. The van der Waals surface area contributed by atoms with E-state index in [0.717, 1.165) is 19.6 Å². The highest BCUT2D eigenvalue weighted by Crippen LogP contribution is 2.07. The summed E-state index contributed by atoms with van der Waals surface area (Å²) < 4.78 is 0. The Hall–Kier alpha value is -0.860. The Bertz CT molecular complexity index is 336. The fourth-order valence-corrected chi connectivity index (χ4v) is 2.11. The van der Waals surface area contributed by atoms with E-state index in [2.05, 4.69) is 62.3 Å². The average Bonchev–Trinajstić information content (AvgIpc) is 2.34. The minimum Gasteiger partial charge on any atom is -0.314 e. The van der Waals surface area contributed by atoms with Gasteiger partial charge in [0.05, 0.1) is 0 Å². The van der Waals surface area contributed by atoms with E-state index in [9.17, 15) is 0 Å². The predicted molar refractivity (Wildman–Crippen MR) is 79.9 cm³/mol. The molecule has 0 aliphatic rings. The molecule has 1 aromatic carbocycles. The van der Waals surface area contributed by atoms with Crippen molar-refractivity contribution in [1.29, 1.82) is 0 Å². The van der Waals surface area contributed by atoms with Crippen LogP contribution in [0.15, 0.2) is 24.3 Å². The first kappa shape index (κ1) is 15.2. The van der Waals surface area contributed by atoms with E-state index in [-0.39, 0.29) is 0 Å². The van der Waals surface area contributed by atoms with Crippen molar-refractivity contribution in [3.63, 3.8) is 0 Å². The van der Waals surface area contributed by atoms with Gasteiger partial charge in [-0.1, -0.05) is 36.8 Å². The Balaban J connectivity index is 2.27. The normalized spacial score (nSPS) is 12.9. The molecule has 0 fully saturated rings. The van der Waals surface area contributed by atoms with Crippen molar-refractivity contribution in [2.45, 2.75) is 46.2 Å². The third-order valence-electron chi connectivity index (χ3n) is 3.22. The van der Waals surface area contributed by atoms with Crippen molar-refractivity contribution >= 4 is 0 Å². The van der Waals surface area contributed by atoms with Crippen LogP contribution < -0.4 is 5.32 Å². The Morgan fingerprint density at radius 1 is 1.33 bits per heavy atom. The van der Waals surface area contributed by atoms with Gasteiger partial charge in [-0.2, -0.15) is 0 Å². The van der Waals surface area contributed by atoms with Crippen LogP contribution in [-0.2, 0) is 6.54 Å². The van der Waals surface area contributed by atoms with Crippen LogP contribution in [0.25, 0.3) is 0 Å². The fourth-order valence-electron chi connectivity index (χ4n) is 2.11. The summed E-state index contributed by atoms with van der Waals surface area (Å²) in [7, 11) is 2.20. The van der Waals surface area contributed by atoms with E-state index >= 15 is 0 Å². The highest BCUT2D eigenvalue weighted by molar-refractivity contribution is 5.21. The maximum absolute atomic E-state index is 3.53. The highest BCUT2D eigenvalue weighted by Gasteiger charge is 2.04. The predicted octanol–water partition coefficient (Wildman–Crippen LogP) is 3.21. The number of benzene rings is 1. The van der Waals surface area contributed by atoms with Crippen LogP contribution in [0.4, 0.5) is 0 Å². The summed E-state index contributed by atoms with van der Waals surface area (Å²) in [5, 5.41) is 3.53. The van der Waals surface area contributed by atoms with Crippen molar-refractivity contribution in [2.75, 3.05) is 20.1 Å². The number of rotatable bonds is 8. The minimum atomic E-state index is 0.616. The van der Waals surface area contributed by atoms with Gasteiger partial charge in [-0.05, 0) is 52.4 Å². The second-order valence-electron chi connectivity index (χ2n) is 5.37. The zero-order chi connectivity index (χ0) is 13.4. The first-order chi connectivity index (χ1) is 8.61. The van der Waals surface area contributed by atoms with Crippen LogP contribution in [0.1, 0.15) is 37.8 Å². The molecule has 0 aliphatic heterocycles. The molecular formula is C16H28N2. The molecule has 2 nitrogen and oxygen atoms in total. The zero-order valence-electron chi connectivity index (χ0n) is 12.4. The van der Waals surface area contributed by atoms with Crippen LogP contribution in [-0.4, -0.2) is 31.1 Å². The maximum atomic E-state index is 3.53. The molecule has 0 spiro atoms. The molecule has 0 amide bonds. The lowest BCUT2D eigenvalue weighted by Crippen LogP contribution is -2.31. The molecule has 0 radical (unpaired) electrons. The number of nitrogens with zero attached hydrogens (tertiary/aromatic N) is 1. The van der Waals surface area contributed by atoms with Gasteiger partial charge >= 0.3 is 0 Å². The van der Waals surface area contributed by atoms with E-state index in [0.29, 0.717) is 6.04 Å². The lowest BCUT2D eigenvalue weighted by Gasteiger charge is -2.20. The topological polar surface area (TPSA) is 15.3 Å². The van der Waals surface area contributed by atoms with Gasteiger partial charge in [-0.15, -0.1) is 0 Å². The summed E-state index contributed by atoms with van der Waals surface area (Å²) in [5.41, 5.74) is 2.76. The van der Waals surface area contributed by atoms with Gasteiger partial charge in [0.1, 0.15) is 0 Å². The molecule has 18 heavy (non-hydrogen) atoms. The molecule has 1 unspecified atom stereocenters. The van der Waals surface area contributed by atoms with Crippen molar-refractivity contribution in [3.05, 3.63) is 35.4 Å². The van der Waals surface area contributed by atoms with Crippen molar-refractivity contribution in [2.24, 2.45) is 0 Å². The van der Waals surface area contributed by atoms with Crippen LogP contribution in [0.3, 0.4) is 0 Å². The molecule has 102 valence electrons. The summed E-state index contributed by atoms with van der Waals surface area (Å²) in [6.45, 7) is 9.96. The molecular weight excluding hydrogens is 220 g/mol. The molecule has 1 aromatic rings. The summed E-state index contributed by atoms with van der Waals surface area (Å²) in [5.74, 6) is 0. The van der Waals surface area contributed by atoms with Crippen LogP contribution in [0.2, 0.25) is 0 Å². The molecule has 2 heteroatoms. The lowest BCUT2D eigenvalue weighted by atomic mass is 10.1. The summed E-state index contributed by atoms with van der Waals surface area (Å²) in [6, 6.07) is 9.40. The van der Waals surface area contributed by atoms with Gasteiger partial charge in [-0.25, -0.2) is 0 Å². The van der Waals surface area contributed by atoms with Gasteiger partial charge in [-0.3, -0.25) is 0 Å². The Morgan fingerprint density at radius 3 is 2.78 bits per heavy atom. The third-order valence-corrected chi connectivity index (χ3v) is 3.22. The summed E-state index contributed by atoms with van der Waals surface area (Å²) >= 11 is 0. The Kier molecular flexibility index (Phi) is 6.99. The lowest BCUT2D eigenvalue weighted by molar-refractivity contribution is 0.304. The van der Waals surface area contributed by atoms with E-state index in [1.54, 1.807) is 0 Å². The second-order valence-corrected chi connectivity index (χ2v) is 5.37. The van der Waals surface area contributed by atoms with Crippen molar-refractivity contribution in [1.82, 2.24) is 10.2 Å². The Labute approximate surface area is 112 Å². The van der Waals surface area contributed by atoms with Crippen LogP contribution in [0, 0.1) is 6.92 Å². The molecule has 0 heterocycles. The number of hydrogen-bond donors (Lipinski definition) is 1. The molecule has 0 bridgehead atoms. The quantitative estimate of drug-likeness (QED) is 0.760. The van der Waals surface area contributed by atoms with Gasteiger partial charge < -0.3 is 10.2 Å². The largest absolute Gasteiger partial charge is 0.314 e. The van der Waals surface area contributed by atoms with Gasteiger partial charge in [0.25, 0.3) is 0 Å². The second kappa shape index (κ2) is 8.28. The first-order valence-corrected chi connectivity index (χ1v) is 7.09. The molecule has 1 N–H and O–H groups in total. The van der Waals surface area contributed by atoms with Crippen molar-refractivity contribution < 1.29 is 0 Å². The standard InChI is InChI=1S/C16H28N2/c1-5-10-17-15(3)9-11-18(4)13-16-8-6-7-14(2)12-16/h6-8,12,15,17H,5,9-11,13H2,1-4H3. The maximum Gasteiger partial charge on any atom is 0.0230 e. The smallest absolute Gasteiger partial charge is 0.0230 e. The van der Waals surface area contributed by atoms with E-state index in [4.69, 9.17) is 0 Å². The molecule has 1 rings (SSSR count). The first-order valence-electron chi connectivity index (χ1n) is 7.09.